The maximum atomic E-state index is 4.51. The van der Waals surface area contributed by atoms with Crippen LogP contribution in [0, 0.1) is 6.92 Å². The molecule has 0 spiro atoms. The van der Waals surface area contributed by atoms with Gasteiger partial charge in [0.05, 0.1) is 15.2 Å². The highest BCUT2D eigenvalue weighted by atomic mass is 32.1. The zero-order valence-corrected chi connectivity index (χ0v) is 10.1. The fraction of sp³-hybridized carbons (Fsp3) is 0.417. The van der Waals surface area contributed by atoms with E-state index in [-0.39, 0.29) is 0 Å². The number of hydrogen-bond donors (Lipinski definition) is 2. The third-order valence-corrected chi connectivity index (χ3v) is 3.88. The summed E-state index contributed by atoms with van der Waals surface area (Å²) in [6.07, 6.45) is 1.20. The third kappa shape index (κ3) is 1.90. The van der Waals surface area contributed by atoms with Gasteiger partial charge in [-0.05, 0) is 38.1 Å². The minimum atomic E-state index is 0.567. The highest BCUT2D eigenvalue weighted by Crippen LogP contribution is 2.25. The van der Waals surface area contributed by atoms with Gasteiger partial charge in [-0.2, -0.15) is 0 Å². The Morgan fingerprint density at radius 3 is 3.25 bits per heavy atom. The normalized spacial score (nSPS) is 20.4. The molecule has 1 aliphatic rings. The monoisotopic (exact) mass is 233 g/mol. The second-order valence-corrected chi connectivity index (χ2v) is 5.48. The summed E-state index contributed by atoms with van der Waals surface area (Å²) in [5, 5.41) is 8.04. The molecule has 2 N–H and O–H groups in total. The molecule has 0 saturated carbocycles. The zero-order valence-electron chi connectivity index (χ0n) is 9.29. The van der Waals surface area contributed by atoms with Crippen LogP contribution in [0.5, 0.6) is 0 Å². The lowest BCUT2D eigenvalue weighted by Crippen LogP contribution is -2.21. The van der Waals surface area contributed by atoms with Gasteiger partial charge in [0, 0.05) is 18.3 Å². The molecule has 1 fully saturated rings. The Kier molecular flexibility index (Phi) is 2.53. The summed E-state index contributed by atoms with van der Waals surface area (Å²) in [5.74, 6) is 0. The Balaban J connectivity index is 1.86. The molecule has 0 aliphatic carbocycles. The van der Waals surface area contributed by atoms with Crippen LogP contribution in [-0.4, -0.2) is 24.1 Å². The molecule has 1 unspecified atom stereocenters. The number of anilines is 1. The summed E-state index contributed by atoms with van der Waals surface area (Å²) in [5.41, 5.74) is 2.30. The van der Waals surface area contributed by atoms with Crippen molar-refractivity contribution in [3.8, 4) is 0 Å². The molecule has 3 rings (SSSR count). The van der Waals surface area contributed by atoms with Crippen molar-refractivity contribution in [2.45, 2.75) is 19.4 Å². The first-order chi connectivity index (χ1) is 7.81. The summed E-state index contributed by atoms with van der Waals surface area (Å²) in [7, 11) is 0. The van der Waals surface area contributed by atoms with Crippen molar-refractivity contribution in [3.05, 3.63) is 23.2 Å². The lowest BCUT2D eigenvalue weighted by molar-refractivity contribution is 0.793. The van der Waals surface area contributed by atoms with Crippen LogP contribution >= 0.6 is 11.3 Å². The second kappa shape index (κ2) is 4.03. The van der Waals surface area contributed by atoms with Gasteiger partial charge in [0.1, 0.15) is 0 Å². The molecule has 1 atom stereocenters. The van der Waals surface area contributed by atoms with Gasteiger partial charge in [-0.25, -0.2) is 4.98 Å². The molecular weight excluding hydrogens is 218 g/mol. The van der Waals surface area contributed by atoms with Crippen LogP contribution in [-0.2, 0) is 0 Å². The summed E-state index contributed by atoms with van der Waals surface area (Å²) in [6, 6.07) is 7.03. The molecule has 1 aromatic carbocycles. The van der Waals surface area contributed by atoms with E-state index in [1.54, 1.807) is 11.3 Å². The van der Waals surface area contributed by atoms with Crippen LogP contribution in [0.25, 0.3) is 10.2 Å². The fourth-order valence-electron chi connectivity index (χ4n) is 2.15. The molecule has 3 nitrogen and oxygen atoms in total. The van der Waals surface area contributed by atoms with E-state index >= 15 is 0 Å². The molecule has 16 heavy (non-hydrogen) atoms. The Hall–Kier alpha value is -1.13. The zero-order chi connectivity index (χ0) is 11.0. The minimum Gasteiger partial charge on any atom is -0.381 e. The van der Waals surface area contributed by atoms with Crippen LogP contribution in [0.1, 0.15) is 11.4 Å². The number of nitrogens with one attached hydrogen (secondary N) is 2. The highest BCUT2D eigenvalue weighted by Gasteiger charge is 2.13. The lowest BCUT2D eigenvalue weighted by Gasteiger charge is -2.12. The van der Waals surface area contributed by atoms with Crippen molar-refractivity contribution in [2.24, 2.45) is 0 Å². The standard InChI is InChI=1S/C12H15N3S/c1-8-14-11-6-9(2-3-12(11)16-8)15-10-4-5-13-7-10/h2-3,6,10,13,15H,4-5,7H2,1H3. The predicted molar refractivity (Wildman–Crippen MR) is 69.3 cm³/mol. The SMILES string of the molecule is Cc1nc2cc(NC3CCNC3)ccc2s1. The van der Waals surface area contributed by atoms with Crippen molar-refractivity contribution >= 4 is 27.2 Å². The topological polar surface area (TPSA) is 37.0 Å². The molecule has 4 heteroatoms. The number of thiazole rings is 1. The number of fused-ring (bicyclic) bond motifs is 1. The van der Waals surface area contributed by atoms with Gasteiger partial charge in [-0.3, -0.25) is 0 Å². The fourth-order valence-corrected chi connectivity index (χ4v) is 2.95. The van der Waals surface area contributed by atoms with Crippen molar-refractivity contribution in [1.82, 2.24) is 10.3 Å². The molecule has 0 amide bonds. The second-order valence-electron chi connectivity index (χ2n) is 4.25. The minimum absolute atomic E-state index is 0.567. The van der Waals surface area contributed by atoms with Crippen LogP contribution in [0.3, 0.4) is 0 Å². The van der Waals surface area contributed by atoms with Gasteiger partial charge < -0.3 is 10.6 Å². The number of hydrogen-bond acceptors (Lipinski definition) is 4. The Morgan fingerprint density at radius 2 is 2.44 bits per heavy atom. The summed E-state index contributed by atoms with van der Waals surface area (Å²) >= 11 is 1.75. The molecule has 2 heterocycles. The first kappa shape index (κ1) is 10.1. The maximum Gasteiger partial charge on any atom is 0.0907 e. The first-order valence-corrected chi connectivity index (χ1v) is 6.47. The molecule has 0 bridgehead atoms. The molecule has 2 aromatic rings. The van der Waals surface area contributed by atoms with Crippen molar-refractivity contribution in [2.75, 3.05) is 18.4 Å². The van der Waals surface area contributed by atoms with E-state index < -0.39 is 0 Å². The van der Waals surface area contributed by atoms with E-state index in [4.69, 9.17) is 0 Å². The smallest absolute Gasteiger partial charge is 0.0907 e. The van der Waals surface area contributed by atoms with Crippen LogP contribution < -0.4 is 10.6 Å². The molecule has 84 valence electrons. The third-order valence-electron chi connectivity index (χ3n) is 2.93. The van der Waals surface area contributed by atoms with Gasteiger partial charge in [-0.1, -0.05) is 0 Å². The molecule has 1 aliphatic heterocycles. The molecular formula is C12H15N3S. The molecule has 1 saturated heterocycles. The van der Waals surface area contributed by atoms with Crippen molar-refractivity contribution < 1.29 is 0 Å². The van der Waals surface area contributed by atoms with E-state index in [0.717, 1.165) is 23.6 Å². The van der Waals surface area contributed by atoms with Gasteiger partial charge in [0.2, 0.25) is 0 Å². The Labute approximate surface area is 98.9 Å². The van der Waals surface area contributed by atoms with Crippen LogP contribution in [0.15, 0.2) is 18.2 Å². The van der Waals surface area contributed by atoms with E-state index in [0.29, 0.717) is 6.04 Å². The lowest BCUT2D eigenvalue weighted by atomic mass is 10.2. The number of benzene rings is 1. The van der Waals surface area contributed by atoms with E-state index in [9.17, 15) is 0 Å². The maximum absolute atomic E-state index is 4.51. The van der Waals surface area contributed by atoms with E-state index in [1.165, 1.54) is 16.8 Å². The number of nitrogens with zero attached hydrogens (tertiary/aromatic N) is 1. The van der Waals surface area contributed by atoms with Crippen LogP contribution in [0.2, 0.25) is 0 Å². The van der Waals surface area contributed by atoms with Gasteiger partial charge in [0.25, 0.3) is 0 Å². The Morgan fingerprint density at radius 1 is 1.50 bits per heavy atom. The number of aromatic nitrogens is 1. The van der Waals surface area contributed by atoms with Gasteiger partial charge >= 0.3 is 0 Å². The molecule has 0 radical (unpaired) electrons. The predicted octanol–water partition coefficient (Wildman–Crippen LogP) is 2.38. The average molecular weight is 233 g/mol. The number of aryl methyl sites for hydroxylation is 1. The van der Waals surface area contributed by atoms with E-state index in [2.05, 4.69) is 40.7 Å². The molecule has 1 aromatic heterocycles. The summed E-state index contributed by atoms with van der Waals surface area (Å²) < 4.78 is 1.27. The van der Waals surface area contributed by atoms with E-state index in [1.807, 2.05) is 0 Å². The Bertz CT molecular complexity index is 500. The average Bonchev–Trinajstić information content (AvgIpc) is 2.85. The quantitative estimate of drug-likeness (QED) is 0.836. The van der Waals surface area contributed by atoms with Crippen molar-refractivity contribution in [3.63, 3.8) is 0 Å². The number of rotatable bonds is 2. The highest BCUT2D eigenvalue weighted by molar-refractivity contribution is 7.18. The van der Waals surface area contributed by atoms with Crippen molar-refractivity contribution in [1.29, 1.82) is 0 Å². The largest absolute Gasteiger partial charge is 0.381 e. The summed E-state index contributed by atoms with van der Waals surface area (Å²) in [6.45, 7) is 4.24. The van der Waals surface area contributed by atoms with Gasteiger partial charge in [0.15, 0.2) is 0 Å². The van der Waals surface area contributed by atoms with Gasteiger partial charge in [-0.15, -0.1) is 11.3 Å². The first-order valence-electron chi connectivity index (χ1n) is 5.66. The van der Waals surface area contributed by atoms with Crippen LogP contribution in [0.4, 0.5) is 5.69 Å². The summed E-state index contributed by atoms with van der Waals surface area (Å²) in [4.78, 5) is 4.51.